The minimum absolute atomic E-state index is 0.149. The number of imidazole rings is 1. The lowest BCUT2D eigenvalue weighted by Crippen LogP contribution is -2.26. The average molecular weight is 235 g/mol. The van der Waals surface area contributed by atoms with Crippen molar-refractivity contribution in [1.82, 2.24) is 14.9 Å². The van der Waals surface area contributed by atoms with E-state index >= 15 is 0 Å². The van der Waals surface area contributed by atoms with Gasteiger partial charge in [0, 0.05) is 22.1 Å². The van der Waals surface area contributed by atoms with E-state index in [0.29, 0.717) is 6.54 Å². The lowest BCUT2D eigenvalue weighted by molar-refractivity contribution is 0.242. The SMILES string of the molecule is CCc1ccc(CNC(=O)n2ccnc2)s1. The lowest BCUT2D eigenvalue weighted by atomic mass is 10.4. The summed E-state index contributed by atoms with van der Waals surface area (Å²) in [6, 6.07) is 4.00. The lowest BCUT2D eigenvalue weighted by Gasteiger charge is -2.02. The molecular weight excluding hydrogens is 222 g/mol. The molecule has 16 heavy (non-hydrogen) atoms. The molecule has 2 heterocycles. The first-order valence-electron chi connectivity index (χ1n) is 5.13. The van der Waals surface area contributed by atoms with E-state index in [2.05, 4.69) is 29.4 Å². The van der Waals surface area contributed by atoms with Crippen LogP contribution in [0.2, 0.25) is 0 Å². The summed E-state index contributed by atoms with van der Waals surface area (Å²) in [4.78, 5) is 17.9. The van der Waals surface area contributed by atoms with Gasteiger partial charge in [0.15, 0.2) is 0 Å². The van der Waals surface area contributed by atoms with Gasteiger partial charge in [-0.15, -0.1) is 11.3 Å². The smallest absolute Gasteiger partial charge is 0.327 e. The van der Waals surface area contributed by atoms with Crippen molar-refractivity contribution in [1.29, 1.82) is 0 Å². The molecule has 2 aromatic heterocycles. The minimum atomic E-state index is -0.149. The molecule has 84 valence electrons. The van der Waals surface area contributed by atoms with Gasteiger partial charge in [0.1, 0.15) is 6.33 Å². The van der Waals surface area contributed by atoms with Crippen LogP contribution < -0.4 is 5.32 Å². The quantitative estimate of drug-likeness (QED) is 0.887. The zero-order valence-corrected chi connectivity index (χ0v) is 9.83. The Balaban J connectivity index is 1.90. The van der Waals surface area contributed by atoms with Crippen LogP contribution in [0.25, 0.3) is 0 Å². The third-order valence-corrected chi connectivity index (χ3v) is 3.45. The van der Waals surface area contributed by atoms with E-state index in [1.165, 1.54) is 20.6 Å². The second-order valence-electron chi connectivity index (χ2n) is 3.35. The number of nitrogens with zero attached hydrogens (tertiary/aromatic N) is 2. The summed E-state index contributed by atoms with van der Waals surface area (Å²) >= 11 is 1.73. The summed E-state index contributed by atoms with van der Waals surface area (Å²) in [5.74, 6) is 0. The van der Waals surface area contributed by atoms with Crippen molar-refractivity contribution in [2.24, 2.45) is 0 Å². The number of rotatable bonds is 3. The second kappa shape index (κ2) is 4.94. The predicted octanol–water partition coefficient (Wildman–Crippen LogP) is 2.26. The topological polar surface area (TPSA) is 46.9 Å². The summed E-state index contributed by atoms with van der Waals surface area (Å²) in [7, 11) is 0. The van der Waals surface area contributed by atoms with Gasteiger partial charge >= 0.3 is 6.03 Å². The monoisotopic (exact) mass is 235 g/mol. The van der Waals surface area contributed by atoms with Crippen LogP contribution in [-0.2, 0) is 13.0 Å². The van der Waals surface area contributed by atoms with E-state index in [0.717, 1.165) is 6.42 Å². The summed E-state index contributed by atoms with van der Waals surface area (Å²) in [5, 5.41) is 2.83. The molecule has 0 aliphatic rings. The van der Waals surface area contributed by atoms with Crippen molar-refractivity contribution in [3.8, 4) is 0 Å². The molecule has 1 N–H and O–H groups in total. The van der Waals surface area contributed by atoms with Gasteiger partial charge in [-0.25, -0.2) is 9.78 Å². The van der Waals surface area contributed by atoms with E-state index in [1.807, 2.05) is 0 Å². The number of amides is 1. The van der Waals surface area contributed by atoms with Crippen molar-refractivity contribution in [3.63, 3.8) is 0 Å². The molecule has 0 saturated carbocycles. The highest BCUT2D eigenvalue weighted by Crippen LogP contribution is 2.16. The van der Waals surface area contributed by atoms with Crippen molar-refractivity contribution < 1.29 is 4.79 Å². The minimum Gasteiger partial charge on any atom is -0.332 e. The van der Waals surface area contributed by atoms with Crippen molar-refractivity contribution in [2.75, 3.05) is 0 Å². The maximum Gasteiger partial charge on any atom is 0.327 e. The molecule has 4 nitrogen and oxygen atoms in total. The van der Waals surface area contributed by atoms with Crippen molar-refractivity contribution in [3.05, 3.63) is 40.6 Å². The number of carbonyl (C=O) groups excluding carboxylic acids is 1. The van der Waals surface area contributed by atoms with Crippen LogP contribution >= 0.6 is 11.3 Å². The number of aromatic nitrogens is 2. The Hall–Kier alpha value is -1.62. The largest absolute Gasteiger partial charge is 0.332 e. The first-order chi connectivity index (χ1) is 7.79. The molecule has 0 bridgehead atoms. The standard InChI is InChI=1S/C11H13N3OS/c1-2-9-3-4-10(16-9)7-13-11(15)14-6-5-12-8-14/h3-6,8H,2,7H2,1H3,(H,13,15). The molecule has 0 radical (unpaired) electrons. The zero-order valence-electron chi connectivity index (χ0n) is 9.01. The van der Waals surface area contributed by atoms with E-state index < -0.39 is 0 Å². The van der Waals surface area contributed by atoms with Gasteiger partial charge in [0.25, 0.3) is 0 Å². The Labute approximate surface area is 97.9 Å². The number of aryl methyl sites for hydroxylation is 1. The number of nitrogens with one attached hydrogen (secondary N) is 1. The van der Waals surface area contributed by atoms with E-state index in [-0.39, 0.29) is 6.03 Å². The van der Waals surface area contributed by atoms with Crippen LogP contribution in [-0.4, -0.2) is 15.6 Å². The fraction of sp³-hybridized carbons (Fsp3) is 0.273. The van der Waals surface area contributed by atoms with Crippen LogP contribution in [0.3, 0.4) is 0 Å². The molecule has 5 heteroatoms. The number of carbonyl (C=O) groups is 1. The highest BCUT2D eigenvalue weighted by molar-refractivity contribution is 7.11. The van der Waals surface area contributed by atoms with E-state index in [4.69, 9.17) is 0 Å². The third kappa shape index (κ3) is 2.49. The maximum absolute atomic E-state index is 11.6. The molecule has 0 aromatic carbocycles. The van der Waals surface area contributed by atoms with Crippen molar-refractivity contribution in [2.45, 2.75) is 19.9 Å². The number of hydrogen-bond donors (Lipinski definition) is 1. The van der Waals surface area contributed by atoms with Crippen molar-refractivity contribution >= 4 is 17.4 Å². The van der Waals surface area contributed by atoms with Crippen LogP contribution in [0.15, 0.2) is 30.9 Å². The molecule has 0 unspecified atom stereocenters. The summed E-state index contributed by atoms with van der Waals surface area (Å²) < 4.78 is 1.42. The maximum atomic E-state index is 11.6. The molecule has 1 amide bonds. The molecule has 0 aliphatic carbocycles. The Kier molecular flexibility index (Phi) is 3.36. The summed E-state index contributed by atoms with van der Waals surface area (Å²) in [6.45, 7) is 2.70. The first kappa shape index (κ1) is 10.9. The average Bonchev–Trinajstić information content (AvgIpc) is 2.96. The van der Waals surface area contributed by atoms with E-state index in [1.54, 1.807) is 23.7 Å². The predicted molar refractivity (Wildman–Crippen MR) is 63.6 cm³/mol. The van der Waals surface area contributed by atoms with Gasteiger partial charge in [-0.05, 0) is 18.6 Å². The molecule has 2 rings (SSSR count). The Morgan fingerprint density at radius 3 is 2.94 bits per heavy atom. The summed E-state index contributed by atoms with van der Waals surface area (Å²) in [5.41, 5.74) is 0. The Morgan fingerprint density at radius 2 is 2.31 bits per heavy atom. The van der Waals surface area contributed by atoms with Gasteiger partial charge in [0.2, 0.25) is 0 Å². The first-order valence-corrected chi connectivity index (χ1v) is 5.95. The van der Waals surface area contributed by atoms with Crippen LogP contribution in [0.4, 0.5) is 4.79 Å². The fourth-order valence-electron chi connectivity index (χ4n) is 1.34. The molecule has 0 atom stereocenters. The summed E-state index contributed by atoms with van der Waals surface area (Å²) in [6.07, 6.45) is 5.74. The van der Waals surface area contributed by atoms with Crippen LogP contribution in [0.1, 0.15) is 16.7 Å². The molecule has 0 spiro atoms. The highest BCUT2D eigenvalue weighted by Gasteiger charge is 2.04. The fourth-order valence-corrected chi connectivity index (χ4v) is 2.24. The number of thiophene rings is 1. The second-order valence-corrected chi connectivity index (χ2v) is 4.60. The van der Waals surface area contributed by atoms with Gasteiger partial charge < -0.3 is 5.32 Å². The Bertz CT molecular complexity index is 461. The van der Waals surface area contributed by atoms with Crippen LogP contribution in [0, 0.1) is 0 Å². The normalized spacial score (nSPS) is 10.3. The molecule has 2 aromatic rings. The third-order valence-electron chi connectivity index (χ3n) is 2.22. The van der Waals surface area contributed by atoms with Crippen LogP contribution in [0.5, 0.6) is 0 Å². The molecule has 0 fully saturated rings. The van der Waals surface area contributed by atoms with Gasteiger partial charge in [-0.2, -0.15) is 0 Å². The zero-order chi connectivity index (χ0) is 11.4. The number of hydrogen-bond acceptors (Lipinski definition) is 3. The Morgan fingerprint density at radius 1 is 1.50 bits per heavy atom. The van der Waals surface area contributed by atoms with Gasteiger partial charge in [-0.1, -0.05) is 6.92 Å². The molecule has 0 aliphatic heterocycles. The van der Waals surface area contributed by atoms with Gasteiger partial charge in [-0.3, -0.25) is 4.57 Å². The molecular formula is C11H13N3OS. The van der Waals surface area contributed by atoms with E-state index in [9.17, 15) is 4.79 Å². The highest BCUT2D eigenvalue weighted by atomic mass is 32.1. The van der Waals surface area contributed by atoms with Gasteiger partial charge in [0.05, 0.1) is 6.54 Å². The molecule has 0 saturated heterocycles.